The maximum Gasteiger partial charge on any atom is 0.0500 e. The summed E-state index contributed by atoms with van der Waals surface area (Å²) in [4.78, 5) is 4.67. The maximum atomic E-state index is 2.34. The molecular formula is C8H20N2. The van der Waals surface area contributed by atoms with E-state index in [1.807, 2.05) is 13.8 Å². The van der Waals surface area contributed by atoms with E-state index < -0.39 is 0 Å². The predicted octanol–water partition coefficient (Wildman–Crippen LogP) is 1.24. The molecule has 0 bridgehead atoms. The Morgan fingerprint density at radius 2 is 1.30 bits per heavy atom. The van der Waals surface area contributed by atoms with E-state index in [9.17, 15) is 0 Å². The van der Waals surface area contributed by atoms with Gasteiger partial charge in [0.25, 0.3) is 0 Å². The molecule has 0 aromatic carbocycles. The standard InChI is InChI=1S/C6H14N2.C2H6/c1-7-4-3-5-8(2)6-7;1-2/h3-6H2,1-2H3;1-2H3. The fraction of sp³-hybridized carbons (Fsp3) is 1.00. The van der Waals surface area contributed by atoms with E-state index in [0.29, 0.717) is 0 Å². The van der Waals surface area contributed by atoms with E-state index in [2.05, 4.69) is 23.9 Å². The lowest BCUT2D eigenvalue weighted by Gasteiger charge is -2.29. The summed E-state index contributed by atoms with van der Waals surface area (Å²) in [5.74, 6) is 0. The van der Waals surface area contributed by atoms with Crippen molar-refractivity contribution < 1.29 is 0 Å². The Morgan fingerprint density at radius 3 is 1.50 bits per heavy atom. The Labute approximate surface area is 64.8 Å². The van der Waals surface area contributed by atoms with Crippen molar-refractivity contribution in [3.05, 3.63) is 0 Å². The molecule has 0 amide bonds. The first-order valence-corrected chi connectivity index (χ1v) is 4.16. The highest BCUT2D eigenvalue weighted by Crippen LogP contribution is 1.98. The van der Waals surface area contributed by atoms with Crippen LogP contribution in [0.1, 0.15) is 20.3 Å². The van der Waals surface area contributed by atoms with Crippen molar-refractivity contribution in [1.82, 2.24) is 9.80 Å². The molecule has 1 aliphatic heterocycles. The van der Waals surface area contributed by atoms with Gasteiger partial charge in [-0.2, -0.15) is 0 Å². The fourth-order valence-electron chi connectivity index (χ4n) is 1.16. The van der Waals surface area contributed by atoms with E-state index >= 15 is 0 Å². The van der Waals surface area contributed by atoms with E-state index in [-0.39, 0.29) is 0 Å². The van der Waals surface area contributed by atoms with Crippen molar-refractivity contribution in [2.75, 3.05) is 33.9 Å². The van der Waals surface area contributed by atoms with Crippen LogP contribution in [0, 0.1) is 0 Å². The van der Waals surface area contributed by atoms with E-state index in [1.54, 1.807) is 0 Å². The normalized spacial score (nSPS) is 21.6. The van der Waals surface area contributed by atoms with Gasteiger partial charge in [-0.1, -0.05) is 13.8 Å². The molecule has 1 heterocycles. The van der Waals surface area contributed by atoms with E-state index in [4.69, 9.17) is 0 Å². The van der Waals surface area contributed by atoms with Crippen LogP contribution in [-0.4, -0.2) is 43.7 Å². The molecule has 1 aliphatic rings. The van der Waals surface area contributed by atoms with Gasteiger partial charge in [-0.05, 0) is 20.5 Å². The Bertz CT molecular complexity index is 65.7. The summed E-state index contributed by atoms with van der Waals surface area (Å²) in [5.41, 5.74) is 0. The Morgan fingerprint density at radius 1 is 0.900 bits per heavy atom. The lowest BCUT2D eigenvalue weighted by atomic mass is 10.3. The summed E-state index contributed by atoms with van der Waals surface area (Å²) >= 11 is 0. The third-order valence-corrected chi connectivity index (χ3v) is 1.56. The average Bonchev–Trinajstić information content (AvgIpc) is 1.91. The predicted molar refractivity (Wildman–Crippen MR) is 46.1 cm³/mol. The molecule has 0 N–H and O–H groups in total. The largest absolute Gasteiger partial charge is 0.294 e. The molecule has 1 rings (SSSR count). The first-order chi connectivity index (χ1) is 4.79. The monoisotopic (exact) mass is 144 g/mol. The average molecular weight is 144 g/mol. The zero-order valence-electron chi connectivity index (χ0n) is 7.72. The Hall–Kier alpha value is -0.0800. The highest BCUT2D eigenvalue weighted by atomic mass is 15.3. The summed E-state index contributed by atoms with van der Waals surface area (Å²) in [5, 5.41) is 0. The zero-order chi connectivity index (χ0) is 7.98. The summed E-state index contributed by atoms with van der Waals surface area (Å²) in [7, 11) is 4.32. The molecule has 0 spiro atoms. The first-order valence-electron chi connectivity index (χ1n) is 4.16. The number of hydrogen-bond donors (Lipinski definition) is 0. The van der Waals surface area contributed by atoms with Crippen molar-refractivity contribution in [3.8, 4) is 0 Å². The highest BCUT2D eigenvalue weighted by molar-refractivity contribution is 4.60. The molecule has 1 saturated heterocycles. The van der Waals surface area contributed by atoms with Crippen LogP contribution in [0.5, 0.6) is 0 Å². The second-order valence-electron chi connectivity index (χ2n) is 2.65. The van der Waals surface area contributed by atoms with Crippen LogP contribution in [-0.2, 0) is 0 Å². The third kappa shape index (κ3) is 3.85. The Balaban J connectivity index is 0.000000371. The second-order valence-corrected chi connectivity index (χ2v) is 2.65. The number of rotatable bonds is 0. The van der Waals surface area contributed by atoms with Gasteiger partial charge in [0.15, 0.2) is 0 Å². The quantitative estimate of drug-likeness (QED) is 0.504. The van der Waals surface area contributed by atoms with E-state index in [0.717, 1.165) is 6.67 Å². The molecule has 1 fully saturated rings. The van der Waals surface area contributed by atoms with Crippen LogP contribution in [0.4, 0.5) is 0 Å². The van der Waals surface area contributed by atoms with Crippen LogP contribution in [0.3, 0.4) is 0 Å². The summed E-state index contributed by atoms with van der Waals surface area (Å²) in [6.45, 7) is 7.68. The van der Waals surface area contributed by atoms with Gasteiger partial charge in [0, 0.05) is 13.1 Å². The van der Waals surface area contributed by atoms with Crippen molar-refractivity contribution in [2.45, 2.75) is 20.3 Å². The number of nitrogens with zero attached hydrogens (tertiary/aromatic N) is 2. The molecule has 0 aliphatic carbocycles. The minimum absolute atomic E-state index is 1.14. The van der Waals surface area contributed by atoms with E-state index in [1.165, 1.54) is 19.5 Å². The van der Waals surface area contributed by atoms with Gasteiger partial charge in [-0.15, -0.1) is 0 Å². The second kappa shape index (κ2) is 5.69. The minimum atomic E-state index is 1.14. The molecule has 0 aromatic rings. The summed E-state index contributed by atoms with van der Waals surface area (Å²) < 4.78 is 0. The SMILES string of the molecule is CC.CN1CCCN(C)C1. The molecule has 0 radical (unpaired) electrons. The van der Waals surface area contributed by atoms with Crippen LogP contribution in [0.15, 0.2) is 0 Å². The Kier molecular flexibility index (Phi) is 5.64. The zero-order valence-corrected chi connectivity index (χ0v) is 7.72. The smallest absolute Gasteiger partial charge is 0.0500 e. The van der Waals surface area contributed by atoms with Gasteiger partial charge >= 0.3 is 0 Å². The first kappa shape index (κ1) is 9.92. The van der Waals surface area contributed by atoms with Crippen molar-refractivity contribution >= 4 is 0 Å². The highest BCUT2D eigenvalue weighted by Gasteiger charge is 2.08. The van der Waals surface area contributed by atoms with Crippen molar-refractivity contribution in [2.24, 2.45) is 0 Å². The van der Waals surface area contributed by atoms with Crippen LogP contribution < -0.4 is 0 Å². The maximum absolute atomic E-state index is 2.34. The molecule has 0 unspecified atom stereocenters. The van der Waals surface area contributed by atoms with Gasteiger partial charge in [-0.25, -0.2) is 0 Å². The summed E-state index contributed by atoms with van der Waals surface area (Å²) in [6, 6.07) is 0. The van der Waals surface area contributed by atoms with Crippen molar-refractivity contribution in [1.29, 1.82) is 0 Å². The molecule has 62 valence electrons. The topological polar surface area (TPSA) is 6.48 Å². The number of hydrogen-bond acceptors (Lipinski definition) is 2. The molecule has 0 saturated carbocycles. The molecule has 0 atom stereocenters. The van der Waals surface area contributed by atoms with Crippen LogP contribution >= 0.6 is 0 Å². The van der Waals surface area contributed by atoms with Gasteiger partial charge in [0.2, 0.25) is 0 Å². The van der Waals surface area contributed by atoms with Crippen LogP contribution in [0.25, 0.3) is 0 Å². The van der Waals surface area contributed by atoms with Gasteiger partial charge in [-0.3, -0.25) is 9.80 Å². The lowest BCUT2D eigenvalue weighted by Crippen LogP contribution is -2.40. The molecule has 0 aromatic heterocycles. The minimum Gasteiger partial charge on any atom is -0.294 e. The van der Waals surface area contributed by atoms with Crippen LogP contribution in [0.2, 0.25) is 0 Å². The fourth-order valence-corrected chi connectivity index (χ4v) is 1.16. The van der Waals surface area contributed by atoms with Gasteiger partial charge < -0.3 is 0 Å². The molecular weight excluding hydrogens is 124 g/mol. The molecule has 10 heavy (non-hydrogen) atoms. The molecule has 2 nitrogen and oxygen atoms in total. The third-order valence-electron chi connectivity index (χ3n) is 1.56. The van der Waals surface area contributed by atoms with Crippen molar-refractivity contribution in [3.63, 3.8) is 0 Å². The molecule has 2 heteroatoms. The summed E-state index contributed by atoms with van der Waals surface area (Å²) in [6.07, 6.45) is 1.33. The van der Waals surface area contributed by atoms with Gasteiger partial charge in [0.1, 0.15) is 0 Å². The van der Waals surface area contributed by atoms with Gasteiger partial charge in [0.05, 0.1) is 6.67 Å². The lowest BCUT2D eigenvalue weighted by molar-refractivity contribution is 0.133.